The van der Waals surface area contributed by atoms with E-state index in [0.29, 0.717) is 13.1 Å². The minimum atomic E-state index is -3.64. The number of carbonyl (C=O) groups is 1. The first-order valence-electron chi connectivity index (χ1n) is 7.61. The van der Waals surface area contributed by atoms with Gasteiger partial charge in [0.05, 0.1) is 0 Å². The second kappa shape index (κ2) is 7.19. The van der Waals surface area contributed by atoms with Gasteiger partial charge in [0.1, 0.15) is 6.33 Å². The Morgan fingerprint density at radius 2 is 2.05 bits per heavy atom. The van der Waals surface area contributed by atoms with Crippen molar-refractivity contribution in [2.24, 2.45) is 5.92 Å². The molecular weight excluding hydrogens is 306 g/mol. The molecule has 1 N–H and O–H groups in total. The summed E-state index contributed by atoms with van der Waals surface area (Å²) in [6.45, 7) is 5.45. The molecule has 1 aromatic heterocycles. The molecule has 2 heterocycles. The van der Waals surface area contributed by atoms with Gasteiger partial charge in [-0.05, 0) is 6.42 Å². The third kappa shape index (κ3) is 3.64. The zero-order valence-corrected chi connectivity index (χ0v) is 13.8. The Hall–Kier alpha value is -1.48. The molecule has 22 heavy (non-hydrogen) atoms. The van der Waals surface area contributed by atoms with Crippen LogP contribution in [-0.4, -0.2) is 64.9 Å². The van der Waals surface area contributed by atoms with E-state index in [0.717, 1.165) is 19.3 Å². The first-order chi connectivity index (χ1) is 10.5. The molecule has 1 amide bonds. The average Bonchev–Trinajstić information content (AvgIpc) is 3.07. The number of sulfonamides is 1. The summed E-state index contributed by atoms with van der Waals surface area (Å²) in [5.41, 5.74) is 0. The molecule has 1 atom stereocenters. The van der Waals surface area contributed by atoms with Crippen LogP contribution in [-0.2, 0) is 14.8 Å². The van der Waals surface area contributed by atoms with Crippen molar-refractivity contribution in [3.8, 4) is 0 Å². The maximum atomic E-state index is 12.3. The highest BCUT2D eigenvalue weighted by Crippen LogP contribution is 2.16. The van der Waals surface area contributed by atoms with Gasteiger partial charge in [0.2, 0.25) is 5.91 Å². The topological polar surface area (TPSA) is 99.3 Å². The van der Waals surface area contributed by atoms with Crippen molar-refractivity contribution in [2.75, 3.05) is 26.2 Å². The molecule has 9 heteroatoms. The van der Waals surface area contributed by atoms with Crippen LogP contribution in [0.25, 0.3) is 0 Å². The van der Waals surface area contributed by atoms with Gasteiger partial charge in [0.25, 0.3) is 15.2 Å². The summed E-state index contributed by atoms with van der Waals surface area (Å²) in [5.74, 6) is 0.113. The second-order valence-corrected chi connectivity index (χ2v) is 7.42. The number of rotatable bonds is 6. The maximum Gasteiger partial charge on any atom is 0.278 e. The van der Waals surface area contributed by atoms with Crippen LogP contribution in [0.5, 0.6) is 0 Å². The zero-order valence-electron chi connectivity index (χ0n) is 13.0. The summed E-state index contributed by atoms with van der Waals surface area (Å²) in [7, 11) is -3.64. The Morgan fingerprint density at radius 1 is 1.36 bits per heavy atom. The van der Waals surface area contributed by atoms with Crippen molar-refractivity contribution in [3.63, 3.8) is 0 Å². The van der Waals surface area contributed by atoms with E-state index >= 15 is 0 Å². The minimum Gasteiger partial charge on any atom is -0.340 e. The SMILES string of the molecule is CCCC[C@H](C)C(=O)N1CCN(S(=O)(=O)c2ncn[nH]2)CC1. The lowest BCUT2D eigenvalue weighted by Gasteiger charge is -2.34. The predicted octanol–water partition coefficient (Wildman–Crippen LogP) is 0.464. The Kier molecular flexibility index (Phi) is 5.52. The molecule has 124 valence electrons. The second-order valence-electron chi connectivity index (χ2n) is 5.56. The molecule has 0 aliphatic carbocycles. The number of hydrogen-bond acceptors (Lipinski definition) is 5. The van der Waals surface area contributed by atoms with E-state index in [1.54, 1.807) is 4.90 Å². The highest BCUT2D eigenvalue weighted by molar-refractivity contribution is 7.88. The molecule has 1 saturated heterocycles. The van der Waals surface area contributed by atoms with Gasteiger partial charge in [-0.25, -0.2) is 18.5 Å². The van der Waals surface area contributed by atoms with E-state index < -0.39 is 10.0 Å². The van der Waals surface area contributed by atoms with Crippen LogP contribution in [0.4, 0.5) is 0 Å². The molecule has 0 aromatic carbocycles. The number of hydrogen-bond donors (Lipinski definition) is 1. The van der Waals surface area contributed by atoms with Crippen LogP contribution < -0.4 is 0 Å². The van der Waals surface area contributed by atoms with Crippen molar-refractivity contribution in [3.05, 3.63) is 6.33 Å². The van der Waals surface area contributed by atoms with Gasteiger partial charge in [-0.3, -0.25) is 4.79 Å². The molecule has 0 spiro atoms. The lowest BCUT2D eigenvalue weighted by atomic mass is 10.0. The fourth-order valence-electron chi connectivity index (χ4n) is 2.54. The van der Waals surface area contributed by atoms with Crippen LogP contribution in [0.3, 0.4) is 0 Å². The van der Waals surface area contributed by atoms with E-state index in [9.17, 15) is 13.2 Å². The van der Waals surface area contributed by atoms with Crippen LogP contribution >= 0.6 is 0 Å². The van der Waals surface area contributed by atoms with Crippen LogP contribution in [0, 0.1) is 5.92 Å². The van der Waals surface area contributed by atoms with Crippen molar-refractivity contribution in [1.29, 1.82) is 0 Å². The van der Waals surface area contributed by atoms with Gasteiger partial charge in [0, 0.05) is 32.1 Å². The Bertz CT molecular complexity index is 579. The minimum absolute atomic E-state index is 0.00243. The summed E-state index contributed by atoms with van der Waals surface area (Å²) < 4.78 is 25.9. The Labute approximate surface area is 130 Å². The fraction of sp³-hybridized carbons (Fsp3) is 0.769. The van der Waals surface area contributed by atoms with E-state index in [2.05, 4.69) is 22.1 Å². The van der Waals surface area contributed by atoms with Gasteiger partial charge >= 0.3 is 0 Å². The fourth-order valence-corrected chi connectivity index (χ4v) is 3.77. The molecule has 0 bridgehead atoms. The maximum absolute atomic E-state index is 12.3. The predicted molar refractivity (Wildman–Crippen MR) is 80.4 cm³/mol. The summed E-state index contributed by atoms with van der Waals surface area (Å²) in [6.07, 6.45) is 4.15. The lowest BCUT2D eigenvalue weighted by Crippen LogP contribution is -2.51. The number of nitrogens with one attached hydrogen (secondary N) is 1. The highest BCUT2D eigenvalue weighted by atomic mass is 32.2. The zero-order chi connectivity index (χ0) is 16.2. The van der Waals surface area contributed by atoms with Gasteiger partial charge in [0.15, 0.2) is 0 Å². The van der Waals surface area contributed by atoms with E-state index in [1.807, 2.05) is 6.92 Å². The molecule has 1 aliphatic heterocycles. The third-order valence-corrected chi connectivity index (χ3v) is 5.67. The van der Waals surface area contributed by atoms with E-state index in [-0.39, 0.29) is 30.1 Å². The molecule has 0 radical (unpaired) electrons. The normalized spacial score (nSPS) is 18.4. The highest BCUT2D eigenvalue weighted by Gasteiger charge is 2.32. The summed E-state index contributed by atoms with van der Waals surface area (Å²) in [4.78, 5) is 17.8. The number of aromatic amines is 1. The van der Waals surface area contributed by atoms with Crippen LogP contribution in [0.2, 0.25) is 0 Å². The number of carbonyl (C=O) groups excluding carboxylic acids is 1. The molecular formula is C13H23N5O3S. The molecule has 1 aromatic rings. The van der Waals surface area contributed by atoms with Crippen molar-refractivity contribution in [1.82, 2.24) is 24.4 Å². The lowest BCUT2D eigenvalue weighted by molar-refractivity contribution is -0.136. The van der Waals surface area contributed by atoms with Crippen molar-refractivity contribution < 1.29 is 13.2 Å². The number of nitrogens with zero attached hydrogens (tertiary/aromatic N) is 4. The average molecular weight is 329 g/mol. The Morgan fingerprint density at radius 3 is 2.59 bits per heavy atom. The summed E-state index contributed by atoms with van der Waals surface area (Å²) in [5, 5.41) is 5.80. The van der Waals surface area contributed by atoms with Crippen LogP contribution in [0.15, 0.2) is 11.5 Å². The summed E-state index contributed by atoms with van der Waals surface area (Å²) in [6, 6.07) is 0. The van der Waals surface area contributed by atoms with Gasteiger partial charge < -0.3 is 4.90 Å². The molecule has 1 aliphatic rings. The van der Waals surface area contributed by atoms with E-state index in [4.69, 9.17) is 0 Å². The van der Waals surface area contributed by atoms with Gasteiger partial charge in [-0.15, -0.1) is 0 Å². The van der Waals surface area contributed by atoms with Gasteiger partial charge in [-0.2, -0.15) is 9.40 Å². The monoisotopic (exact) mass is 329 g/mol. The molecule has 0 unspecified atom stereocenters. The van der Waals surface area contributed by atoms with Crippen LogP contribution in [0.1, 0.15) is 33.1 Å². The number of piperazine rings is 1. The van der Waals surface area contributed by atoms with E-state index in [1.165, 1.54) is 10.6 Å². The number of unbranched alkanes of at least 4 members (excludes halogenated alkanes) is 1. The number of H-pyrrole nitrogens is 1. The summed E-state index contributed by atoms with van der Waals surface area (Å²) >= 11 is 0. The molecule has 1 fully saturated rings. The first-order valence-corrected chi connectivity index (χ1v) is 9.05. The molecule has 0 saturated carbocycles. The smallest absolute Gasteiger partial charge is 0.278 e. The first kappa shape index (κ1) is 16.9. The van der Waals surface area contributed by atoms with Crippen molar-refractivity contribution >= 4 is 15.9 Å². The largest absolute Gasteiger partial charge is 0.340 e. The number of amides is 1. The van der Waals surface area contributed by atoms with Crippen molar-refractivity contribution in [2.45, 2.75) is 38.3 Å². The third-order valence-electron chi connectivity index (χ3n) is 3.94. The standard InChI is InChI=1S/C13H23N5O3S/c1-3-4-5-11(2)12(19)17-6-8-18(9-7-17)22(20,21)13-14-10-15-16-13/h10-11H,3-9H2,1-2H3,(H,14,15,16)/t11-/m0/s1. The quantitative estimate of drug-likeness (QED) is 0.817. The molecule has 2 rings (SSSR count). The van der Waals surface area contributed by atoms with Gasteiger partial charge in [-0.1, -0.05) is 26.7 Å². The molecule has 8 nitrogen and oxygen atoms in total. The Balaban J connectivity index is 1.92. The number of aromatic nitrogens is 3.